The summed E-state index contributed by atoms with van der Waals surface area (Å²) in [4.78, 5) is 16.4. The van der Waals surface area contributed by atoms with Gasteiger partial charge in [-0.05, 0) is 31.9 Å². The molecule has 1 amide bonds. The van der Waals surface area contributed by atoms with Crippen LogP contribution >= 0.6 is 11.3 Å². The molecule has 0 spiro atoms. The van der Waals surface area contributed by atoms with Crippen LogP contribution in [0.4, 0.5) is 0 Å². The van der Waals surface area contributed by atoms with Gasteiger partial charge in [0.15, 0.2) is 0 Å². The van der Waals surface area contributed by atoms with Crippen LogP contribution in [-0.4, -0.2) is 36.1 Å². The lowest BCUT2D eigenvalue weighted by Crippen LogP contribution is -2.48. The second kappa shape index (κ2) is 5.41. The number of ether oxygens (including phenoxy) is 1. The number of carbonyl (C=O) groups excluding carboxylic acids is 1. The van der Waals surface area contributed by atoms with Gasteiger partial charge in [0, 0.05) is 18.0 Å². The van der Waals surface area contributed by atoms with E-state index in [4.69, 9.17) is 4.74 Å². The molecule has 1 saturated heterocycles. The van der Waals surface area contributed by atoms with E-state index in [-0.39, 0.29) is 18.1 Å². The molecule has 2 unspecified atom stereocenters. The van der Waals surface area contributed by atoms with Gasteiger partial charge < -0.3 is 9.64 Å². The van der Waals surface area contributed by atoms with E-state index in [1.165, 1.54) is 4.88 Å². The molecular weight excluding hydrogens is 246 g/mol. The highest BCUT2D eigenvalue weighted by molar-refractivity contribution is 7.14. The molecule has 1 fully saturated rings. The third-order valence-corrected chi connectivity index (χ3v) is 4.49. The van der Waals surface area contributed by atoms with Gasteiger partial charge in [-0.25, -0.2) is 0 Å². The molecule has 2 atom stereocenters. The topological polar surface area (TPSA) is 29.5 Å². The Bertz CT molecular complexity index is 417. The van der Waals surface area contributed by atoms with Gasteiger partial charge in [0.1, 0.15) is 0 Å². The van der Waals surface area contributed by atoms with E-state index in [1.54, 1.807) is 11.3 Å². The number of hydrogen-bond donors (Lipinski definition) is 0. The molecule has 2 heterocycles. The first kappa shape index (κ1) is 13.6. The maximum atomic E-state index is 12.4. The second-order valence-corrected chi connectivity index (χ2v) is 6.44. The Labute approximate surface area is 113 Å². The predicted octanol–water partition coefficient (Wildman–Crippen LogP) is 3.12. The van der Waals surface area contributed by atoms with Gasteiger partial charge in [-0.2, -0.15) is 0 Å². The number of nitrogens with zero attached hydrogens (tertiary/aromatic N) is 1. The number of amides is 1. The van der Waals surface area contributed by atoms with Crippen molar-refractivity contribution in [3.63, 3.8) is 0 Å². The molecule has 18 heavy (non-hydrogen) atoms. The lowest BCUT2D eigenvalue weighted by Gasteiger charge is -2.35. The summed E-state index contributed by atoms with van der Waals surface area (Å²) in [6, 6.07) is 4.02. The molecule has 0 aromatic carbocycles. The minimum absolute atomic E-state index is 0.127. The molecule has 100 valence electrons. The predicted molar refractivity (Wildman–Crippen MR) is 74.3 cm³/mol. The molecule has 1 aliphatic rings. The van der Waals surface area contributed by atoms with Crippen LogP contribution in [0.2, 0.25) is 0 Å². The van der Waals surface area contributed by atoms with E-state index >= 15 is 0 Å². The summed E-state index contributed by atoms with van der Waals surface area (Å²) in [6.45, 7) is 9.72. The Morgan fingerprint density at radius 2 is 1.94 bits per heavy atom. The van der Waals surface area contributed by atoms with Crippen molar-refractivity contribution in [3.8, 4) is 0 Å². The normalized spacial score (nSPS) is 24.6. The zero-order chi connectivity index (χ0) is 13.3. The van der Waals surface area contributed by atoms with Crippen molar-refractivity contribution in [1.82, 2.24) is 4.90 Å². The van der Waals surface area contributed by atoms with Crippen LogP contribution < -0.4 is 0 Å². The summed E-state index contributed by atoms with van der Waals surface area (Å²) < 4.78 is 5.66. The monoisotopic (exact) mass is 267 g/mol. The molecular formula is C14H21NO2S. The summed E-state index contributed by atoms with van der Waals surface area (Å²) in [6.07, 6.45) is 0.254. The first-order valence-electron chi connectivity index (χ1n) is 6.52. The van der Waals surface area contributed by atoms with Crippen LogP contribution in [-0.2, 0) is 4.74 Å². The van der Waals surface area contributed by atoms with Crippen molar-refractivity contribution >= 4 is 17.2 Å². The highest BCUT2D eigenvalue weighted by atomic mass is 32.1. The molecule has 1 aromatic heterocycles. The van der Waals surface area contributed by atoms with Gasteiger partial charge in [0.2, 0.25) is 0 Å². The molecule has 4 heteroatoms. The van der Waals surface area contributed by atoms with Gasteiger partial charge in [0.05, 0.1) is 17.1 Å². The van der Waals surface area contributed by atoms with Gasteiger partial charge in [0.25, 0.3) is 5.91 Å². The fourth-order valence-electron chi connectivity index (χ4n) is 2.28. The molecule has 0 bridgehead atoms. The van der Waals surface area contributed by atoms with Gasteiger partial charge in [-0.1, -0.05) is 13.8 Å². The molecule has 0 radical (unpaired) electrons. The number of hydrogen-bond acceptors (Lipinski definition) is 3. The zero-order valence-corrected chi connectivity index (χ0v) is 12.3. The third-order valence-electron chi connectivity index (χ3n) is 3.11. The fourth-order valence-corrected chi connectivity index (χ4v) is 3.26. The van der Waals surface area contributed by atoms with Gasteiger partial charge in [-0.15, -0.1) is 11.3 Å². The maximum Gasteiger partial charge on any atom is 0.264 e. The minimum atomic E-state index is 0.127. The lowest BCUT2D eigenvalue weighted by molar-refractivity contribution is -0.0585. The van der Waals surface area contributed by atoms with Crippen molar-refractivity contribution in [2.75, 3.05) is 13.1 Å². The maximum absolute atomic E-state index is 12.4. The SMILES string of the molecule is CC1CN(C(=O)c2ccc(C(C)C)s2)CC(C)O1. The van der Waals surface area contributed by atoms with Crippen molar-refractivity contribution in [2.24, 2.45) is 0 Å². The minimum Gasteiger partial charge on any atom is -0.372 e. The Kier molecular flexibility index (Phi) is 4.07. The van der Waals surface area contributed by atoms with Crippen LogP contribution in [0.25, 0.3) is 0 Å². The highest BCUT2D eigenvalue weighted by Gasteiger charge is 2.27. The molecule has 0 saturated carbocycles. The standard InChI is InChI=1S/C14H21NO2S/c1-9(2)12-5-6-13(18-12)14(16)15-7-10(3)17-11(4)8-15/h5-6,9-11H,7-8H2,1-4H3. The molecule has 0 N–H and O–H groups in total. The summed E-state index contributed by atoms with van der Waals surface area (Å²) in [5.74, 6) is 0.632. The Morgan fingerprint density at radius 1 is 1.33 bits per heavy atom. The zero-order valence-electron chi connectivity index (χ0n) is 11.5. The fraction of sp³-hybridized carbons (Fsp3) is 0.643. The van der Waals surface area contributed by atoms with Crippen LogP contribution in [0, 0.1) is 0 Å². The molecule has 3 nitrogen and oxygen atoms in total. The average molecular weight is 267 g/mol. The molecule has 1 aromatic rings. The van der Waals surface area contributed by atoms with Crippen LogP contribution in [0.15, 0.2) is 12.1 Å². The number of rotatable bonds is 2. The van der Waals surface area contributed by atoms with Crippen molar-refractivity contribution < 1.29 is 9.53 Å². The van der Waals surface area contributed by atoms with Crippen LogP contribution in [0.1, 0.15) is 48.2 Å². The summed E-state index contributed by atoms with van der Waals surface area (Å²) >= 11 is 1.61. The summed E-state index contributed by atoms with van der Waals surface area (Å²) in [5.41, 5.74) is 0. The Hall–Kier alpha value is -0.870. The second-order valence-electron chi connectivity index (χ2n) is 5.32. The van der Waals surface area contributed by atoms with E-state index in [0.29, 0.717) is 19.0 Å². The number of carbonyl (C=O) groups is 1. The molecule has 1 aliphatic heterocycles. The average Bonchev–Trinajstić information content (AvgIpc) is 2.75. The van der Waals surface area contributed by atoms with Crippen LogP contribution in [0.5, 0.6) is 0 Å². The third kappa shape index (κ3) is 2.93. The first-order valence-corrected chi connectivity index (χ1v) is 7.33. The van der Waals surface area contributed by atoms with Crippen molar-refractivity contribution in [3.05, 3.63) is 21.9 Å². The molecule has 0 aliphatic carbocycles. The van der Waals surface area contributed by atoms with E-state index in [2.05, 4.69) is 19.9 Å². The quantitative estimate of drug-likeness (QED) is 0.824. The molecule has 2 rings (SSSR count). The van der Waals surface area contributed by atoms with Crippen molar-refractivity contribution in [2.45, 2.75) is 45.8 Å². The summed E-state index contributed by atoms with van der Waals surface area (Å²) in [7, 11) is 0. The Balaban J connectivity index is 2.10. The first-order chi connectivity index (χ1) is 8.47. The summed E-state index contributed by atoms with van der Waals surface area (Å²) in [5, 5.41) is 0. The van der Waals surface area contributed by atoms with Crippen molar-refractivity contribution in [1.29, 1.82) is 0 Å². The van der Waals surface area contributed by atoms with Gasteiger partial charge >= 0.3 is 0 Å². The van der Waals surface area contributed by atoms with Gasteiger partial charge in [-0.3, -0.25) is 4.79 Å². The van der Waals surface area contributed by atoms with E-state index in [0.717, 1.165) is 4.88 Å². The van der Waals surface area contributed by atoms with E-state index in [1.807, 2.05) is 24.8 Å². The highest BCUT2D eigenvalue weighted by Crippen LogP contribution is 2.26. The number of thiophene rings is 1. The largest absolute Gasteiger partial charge is 0.372 e. The smallest absolute Gasteiger partial charge is 0.264 e. The van der Waals surface area contributed by atoms with E-state index < -0.39 is 0 Å². The van der Waals surface area contributed by atoms with E-state index in [9.17, 15) is 4.79 Å². The van der Waals surface area contributed by atoms with Crippen LogP contribution in [0.3, 0.4) is 0 Å². The number of morpholine rings is 1. The lowest BCUT2D eigenvalue weighted by atomic mass is 10.2. The Morgan fingerprint density at radius 3 is 2.44 bits per heavy atom.